The molecule has 1 aromatic carbocycles. The van der Waals surface area contributed by atoms with E-state index in [1.807, 2.05) is 36.0 Å². The molecule has 0 bridgehead atoms. The monoisotopic (exact) mass is 346 g/mol. The Morgan fingerprint density at radius 3 is 2.77 bits per heavy atom. The van der Waals surface area contributed by atoms with Gasteiger partial charge in [-0.25, -0.2) is 4.68 Å². The van der Waals surface area contributed by atoms with Crippen LogP contribution in [0.1, 0.15) is 51.8 Å². The van der Waals surface area contributed by atoms with Crippen molar-refractivity contribution in [3.63, 3.8) is 0 Å². The predicted octanol–water partition coefficient (Wildman–Crippen LogP) is 3.69. The van der Waals surface area contributed by atoms with E-state index in [0.717, 1.165) is 36.1 Å². The van der Waals surface area contributed by atoms with E-state index >= 15 is 0 Å². The number of carbonyl (C=O) groups excluding carboxylic acids is 1. The predicted molar refractivity (Wildman–Crippen MR) is 100 cm³/mol. The maximum Gasteiger partial charge on any atom is 0.270 e. The molecule has 2 heterocycles. The van der Waals surface area contributed by atoms with Crippen molar-refractivity contribution in [3.05, 3.63) is 76.9 Å². The van der Waals surface area contributed by atoms with Crippen molar-refractivity contribution in [2.45, 2.75) is 39.2 Å². The molecule has 5 heteroatoms. The van der Waals surface area contributed by atoms with E-state index in [9.17, 15) is 4.79 Å². The summed E-state index contributed by atoms with van der Waals surface area (Å²) in [7, 11) is 0. The quantitative estimate of drug-likeness (QED) is 0.787. The number of nitrogens with one attached hydrogen (secondary N) is 1. The summed E-state index contributed by atoms with van der Waals surface area (Å²) in [4.78, 5) is 16.8. The van der Waals surface area contributed by atoms with Crippen LogP contribution in [0.2, 0.25) is 0 Å². The molecule has 26 heavy (non-hydrogen) atoms. The van der Waals surface area contributed by atoms with Gasteiger partial charge >= 0.3 is 0 Å². The first-order valence-electron chi connectivity index (χ1n) is 9.00. The Bertz CT molecular complexity index is 943. The molecule has 0 fully saturated rings. The molecule has 5 nitrogen and oxygen atoms in total. The number of hydrogen-bond acceptors (Lipinski definition) is 3. The highest BCUT2D eigenvalue weighted by Gasteiger charge is 2.26. The van der Waals surface area contributed by atoms with E-state index in [1.165, 1.54) is 11.3 Å². The third-order valence-electron chi connectivity index (χ3n) is 4.98. The van der Waals surface area contributed by atoms with Gasteiger partial charge in [0.25, 0.3) is 5.91 Å². The van der Waals surface area contributed by atoms with Crippen LogP contribution in [-0.4, -0.2) is 20.7 Å². The minimum atomic E-state index is -0.133. The maximum absolute atomic E-state index is 12.6. The molecule has 0 unspecified atom stereocenters. The van der Waals surface area contributed by atoms with Crippen LogP contribution in [0.15, 0.2) is 48.8 Å². The van der Waals surface area contributed by atoms with Gasteiger partial charge in [0, 0.05) is 17.5 Å². The number of aromatic nitrogens is 3. The second-order valence-corrected chi connectivity index (χ2v) is 6.88. The van der Waals surface area contributed by atoms with E-state index < -0.39 is 0 Å². The molecule has 1 aliphatic carbocycles. The van der Waals surface area contributed by atoms with Crippen LogP contribution in [0.25, 0.3) is 5.69 Å². The molecule has 1 aliphatic rings. The molecule has 2 aromatic heterocycles. The first-order chi connectivity index (χ1) is 12.6. The lowest BCUT2D eigenvalue weighted by atomic mass is 9.92. The van der Waals surface area contributed by atoms with Crippen molar-refractivity contribution in [2.24, 2.45) is 0 Å². The normalized spacial score (nSPS) is 16.2. The molecule has 132 valence electrons. The van der Waals surface area contributed by atoms with Gasteiger partial charge < -0.3 is 5.32 Å². The summed E-state index contributed by atoms with van der Waals surface area (Å²) in [6, 6.07) is 11.9. The maximum atomic E-state index is 12.6. The molecular weight excluding hydrogens is 324 g/mol. The lowest BCUT2D eigenvalue weighted by molar-refractivity contribution is 0.0927. The van der Waals surface area contributed by atoms with Gasteiger partial charge in [-0.1, -0.05) is 24.3 Å². The SMILES string of the molecule is Cc1ccc(C(=O)N[C@@H]2CCCc3c2cnn3-c2ccccc2C)nc1. The minimum absolute atomic E-state index is 0.0212. The molecular formula is C21H22N4O. The average molecular weight is 346 g/mol. The van der Waals surface area contributed by atoms with Gasteiger partial charge in [-0.2, -0.15) is 5.10 Å². The highest BCUT2D eigenvalue weighted by atomic mass is 16.1. The third kappa shape index (κ3) is 3.01. The summed E-state index contributed by atoms with van der Waals surface area (Å²) in [6.45, 7) is 4.05. The third-order valence-corrected chi connectivity index (χ3v) is 4.98. The molecule has 0 radical (unpaired) electrons. The number of carbonyl (C=O) groups is 1. The molecule has 0 aliphatic heterocycles. The zero-order valence-corrected chi connectivity index (χ0v) is 15.1. The van der Waals surface area contributed by atoms with E-state index in [4.69, 9.17) is 0 Å². The van der Waals surface area contributed by atoms with Crippen LogP contribution in [0.4, 0.5) is 0 Å². The molecule has 0 saturated carbocycles. The van der Waals surface area contributed by atoms with Crippen LogP contribution in [0.3, 0.4) is 0 Å². The average Bonchev–Trinajstić information content (AvgIpc) is 3.07. The van der Waals surface area contributed by atoms with E-state index in [-0.39, 0.29) is 11.9 Å². The zero-order valence-electron chi connectivity index (χ0n) is 15.1. The van der Waals surface area contributed by atoms with Gasteiger partial charge in [0.05, 0.1) is 17.9 Å². The van der Waals surface area contributed by atoms with Crippen LogP contribution in [0, 0.1) is 13.8 Å². The molecule has 1 atom stereocenters. The van der Waals surface area contributed by atoms with Gasteiger partial charge in [0.2, 0.25) is 0 Å². The highest BCUT2D eigenvalue weighted by Crippen LogP contribution is 2.31. The van der Waals surface area contributed by atoms with Crippen LogP contribution in [0.5, 0.6) is 0 Å². The summed E-state index contributed by atoms with van der Waals surface area (Å²) >= 11 is 0. The Hall–Kier alpha value is -2.95. The number of rotatable bonds is 3. The molecule has 1 N–H and O–H groups in total. The van der Waals surface area contributed by atoms with Gasteiger partial charge in [0.1, 0.15) is 5.69 Å². The zero-order chi connectivity index (χ0) is 18.1. The number of benzene rings is 1. The smallest absolute Gasteiger partial charge is 0.270 e. The summed E-state index contributed by atoms with van der Waals surface area (Å²) in [5.74, 6) is -0.133. The van der Waals surface area contributed by atoms with Crippen LogP contribution >= 0.6 is 0 Å². The number of hydrogen-bond donors (Lipinski definition) is 1. The number of amides is 1. The van der Waals surface area contributed by atoms with E-state index in [0.29, 0.717) is 5.69 Å². The number of fused-ring (bicyclic) bond motifs is 1. The van der Waals surface area contributed by atoms with Gasteiger partial charge in [0.15, 0.2) is 0 Å². The Balaban J connectivity index is 1.61. The lowest BCUT2D eigenvalue weighted by Gasteiger charge is -2.24. The molecule has 1 amide bonds. The Morgan fingerprint density at radius 2 is 2.00 bits per heavy atom. The molecule has 3 aromatic rings. The standard InChI is InChI=1S/C21H22N4O/c1-14-10-11-18(22-12-14)21(26)24-17-7-5-9-20-16(17)13-23-25(20)19-8-4-3-6-15(19)2/h3-4,6,8,10-13,17H,5,7,9H2,1-2H3,(H,24,26)/t17-/m1/s1. The fourth-order valence-corrected chi connectivity index (χ4v) is 3.55. The topological polar surface area (TPSA) is 59.8 Å². The highest BCUT2D eigenvalue weighted by molar-refractivity contribution is 5.92. The second kappa shape index (κ2) is 6.75. The first kappa shape index (κ1) is 16.5. The second-order valence-electron chi connectivity index (χ2n) is 6.88. The van der Waals surface area contributed by atoms with Crippen molar-refractivity contribution in [2.75, 3.05) is 0 Å². The molecule has 4 rings (SSSR count). The van der Waals surface area contributed by atoms with Gasteiger partial charge in [-0.05, 0) is 56.4 Å². The van der Waals surface area contributed by atoms with E-state index in [1.54, 1.807) is 12.3 Å². The summed E-state index contributed by atoms with van der Waals surface area (Å²) in [5.41, 5.74) is 6.08. The van der Waals surface area contributed by atoms with Crippen molar-refractivity contribution in [1.82, 2.24) is 20.1 Å². The Morgan fingerprint density at radius 1 is 1.15 bits per heavy atom. The molecule has 0 spiro atoms. The van der Waals surface area contributed by atoms with Gasteiger partial charge in [-0.15, -0.1) is 0 Å². The van der Waals surface area contributed by atoms with Crippen molar-refractivity contribution < 1.29 is 4.79 Å². The van der Waals surface area contributed by atoms with Crippen molar-refractivity contribution in [1.29, 1.82) is 0 Å². The summed E-state index contributed by atoms with van der Waals surface area (Å²) in [5, 5.41) is 7.76. The number of nitrogens with zero attached hydrogens (tertiary/aromatic N) is 3. The molecule has 0 saturated heterocycles. The summed E-state index contributed by atoms with van der Waals surface area (Å²) in [6.07, 6.45) is 6.53. The Kier molecular flexibility index (Phi) is 4.29. The summed E-state index contributed by atoms with van der Waals surface area (Å²) < 4.78 is 2.02. The largest absolute Gasteiger partial charge is 0.344 e. The van der Waals surface area contributed by atoms with Crippen LogP contribution < -0.4 is 5.32 Å². The fraction of sp³-hybridized carbons (Fsp3) is 0.286. The Labute approximate surface area is 153 Å². The van der Waals surface area contributed by atoms with Crippen molar-refractivity contribution >= 4 is 5.91 Å². The number of pyridine rings is 1. The first-order valence-corrected chi connectivity index (χ1v) is 9.00. The van der Waals surface area contributed by atoms with Gasteiger partial charge in [-0.3, -0.25) is 9.78 Å². The van der Waals surface area contributed by atoms with E-state index in [2.05, 4.69) is 34.5 Å². The number of para-hydroxylation sites is 1. The van der Waals surface area contributed by atoms with Crippen LogP contribution in [-0.2, 0) is 6.42 Å². The minimum Gasteiger partial charge on any atom is -0.344 e. The fourth-order valence-electron chi connectivity index (χ4n) is 3.55. The number of aryl methyl sites for hydroxylation is 2. The lowest BCUT2D eigenvalue weighted by Crippen LogP contribution is -2.31. The van der Waals surface area contributed by atoms with Crippen molar-refractivity contribution in [3.8, 4) is 5.69 Å².